The second-order valence-corrected chi connectivity index (χ2v) is 10.0. The number of hydrogen-bond acceptors (Lipinski definition) is 8. The van der Waals surface area contributed by atoms with Gasteiger partial charge in [0, 0.05) is 12.7 Å². The number of fused-ring (bicyclic) bond motifs is 2. The molecule has 3 heterocycles. The summed E-state index contributed by atoms with van der Waals surface area (Å²) in [7, 11) is 1.00. The lowest BCUT2D eigenvalue weighted by Crippen LogP contribution is -2.17. The first kappa shape index (κ1) is 30.2. The van der Waals surface area contributed by atoms with E-state index in [9.17, 15) is 18.0 Å². The van der Waals surface area contributed by atoms with Crippen LogP contribution in [0.3, 0.4) is 0 Å². The summed E-state index contributed by atoms with van der Waals surface area (Å²) in [6, 6.07) is 13.0. The van der Waals surface area contributed by atoms with Crippen LogP contribution >= 0.6 is 0 Å². The third-order valence-corrected chi connectivity index (χ3v) is 6.84. The summed E-state index contributed by atoms with van der Waals surface area (Å²) in [4.78, 5) is 22.2. The molecular formula is C32H28F3N5O4. The number of aliphatic hydroxyl groups excluding tert-OH is 1. The molecule has 0 aliphatic rings. The largest absolute Gasteiger partial charge is 0.488 e. The minimum Gasteiger partial charge on any atom is -0.488 e. The highest BCUT2D eigenvalue weighted by Gasteiger charge is 2.28. The molecule has 0 radical (unpaired) electrons. The normalized spacial score (nSPS) is 11.9. The number of nitrogens with zero attached hydrogens (tertiary/aromatic N) is 4. The molecule has 1 unspecified atom stereocenters. The molecule has 0 aliphatic carbocycles. The first-order valence-electron chi connectivity index (χ1n) is 13.5. The Balaban J connectivity index is 0.00000188. The summed E-state index contributed by atoms with van der Waals surface area (Å²) < 4.78 is 57.3. The Morgan fingerprint density at radius 3 is 2.36 bits per heavy atom. The highest BCUT2D eigenvalue weighted by molar-refractivity contribution is 5.98. The molecule has 44 heavy (non-hydrogen) atoms. The van der Waals surface area contributed by atoms with Crippen molar-refractivity contribution in [2.24, 2.45) is 0 Å². The molecular weight excluding hydrogens is 575 g/mol. The van der Waals surface area contributed by atoms with Crippen LogP contribution < -0.4 is 15.9 Å². The van der Waals surface area contributed by atoms with Crippen LogP contribution in [0.4, 0.5) is 19.0 Å². The zero-order valence-electron chi connectivity index (χ0n) is 24.2. The van der Waals surface area contributed by atoms with E-state index < -0.39 is 28.9 Å². The summed E-state index contributed by atoms with van der Waals surface area (Å²) in [6.45, 7) is 5.28. The van der Waals surface area contributed by atoms with Crippen molar-refractivity contribution in [2.75, 3.05) is 12.8 Å². The standard InChI is InChI=1S/C31H24F3N5O3.CH4O/c1-15(2)41-22-11-10-18(13-21(22)34)27-26-30(35)36-14-37-31(26)39(38-27)16(3)29-24(17-6-4-7-19(32)12-17)28(40)25-20(33)8-5-9-23(25)42-29;1-2/h4-16H,1-3H3,(H2,35,36,37);2H,1H3. The first-order valence-corrected chi connectivity index (χ1v) is 13.5. The van der Waals surface area contributed by atoms with E-state index in [2.05, 4.69) is 9.97 Å². The van der Waals surface area contributed by atoms with Crippen LogP contribution in [0.1, 0.15) is 32.6 Å². The highest BCUT2D eigenvalue weighted by Crippen LogP contribution is 2.37. The Labute approximate surface area is 249 Å². The molecule has 12 heteroatoms. The zero-order valence-corrected chi connectivity index (χ0v) is 24.2. The number of nitrogens with two attached hydrogens (primary N) is 1. The number of anilines is 1. The van der Waals surface area contributed by atoms with Crippen molar-refractivity contribution in [3.63, 3.8) is 0 Å². The van der Waals surface area contributed by atoms with Gasteiger partial charge in [0.05, 0.1) is 17.1 Å². The Morgan fingerprint density at radius 2 is 1.66 bits per heavy atom. The van der Waals surface area contributed by atoms with Gasteiger partial charge in [-0.1, -0.05) is 18.2 Å². The van der Waals surface area contributed by atoms with Gasteiger partial charge in [0.15, 0.2) is 17.2 Å². The van der Waals surface area contributed by atoms with Crippen LogP contribution in [0, 0.1) is 17.5 Å². The molecule has 0 saturated carbocycles. The predicted molar refractivity (Wildman–Crippen MR) is 161 cm³/mol. The molecule has 0 aliphatic heterocycles. The number of ether oxygens (including phenoxy) is 1. The topological polar surface area (TPSA) is 129 Å². The van der Waals surface area contributed by atoms with Crippen molar-refractivity contribution in [1.29, 1.82) is 0 Å². The van der Waals surface area contributed by atoms with Gasteiger partial charge >= 0.3 is 0 Å². The number of rotatable bonds is 6. The van der Waals surface area contributed by atoms with Crippen molar-refractivity contribution < 1.29 is 27.4 Å². The Kier molecular flexibility index (Phi) is 8.36. The molecule has 6 aromatic rings. The summed E-state index contributed by atoms with van der Waals surface area (Å²) in [5.74, 6) is -1.67. The Hall–Kier alpha value is -5.23. The van der Waals surface area contributed by atoms with Crippen LogP contribution in [0.5, 0.6) is 5.75 Å². The maximum absolute atomic E-state index is 15.0. The van der Waals surface area contributed by atoms with E-state index in [1.54, 1.807) is 26.8 Å². The molecule has 1 atom stereocenters. The maximum atomic E-state index is 15.0. The number of nitrogen functional groups attached to an aromatic ring is 1. The molecule has 0 bridgehead atoms. The monoisotopic (exact) mass is 603 g/mol. The Morgan fingerprint density at radius 1 is 0.909 bits per heavy atom. The van der Waals surface area contributed by atoms with Gasteiger partial charge in [-0.2, -0.15) is 5.10 Å². The lowest BCUT2D eigenvalue weighted by atomic mass is 9.99. The maximum Gasteiger partial charge on any atom is 0.203 e. The molecule has 226 valence electrons. The van der Waals surface area contributed by atoms with Gasteiger partial charge in [-0.25, -0.2) is 27.8 Å². The van der Waals surface area contributed by atoms with E-state index in [4.69, 9.17) is 25.1 Å². The molecule has 9 nitrogen and oxygen atoms in total. The van der Waals surface area contributed by atoms with Crippen molar-refractivity contribution in [3.8, 4) is 28.1 Å². The molecule has 3 aromatic carbocycles. The van der Waals surface area contributed by atoms with Crippen LogP contribution in [0.15, 0.2) is 76.2 Å². The summed E-state index contributed by atoms with van der Waals surface area (Å²) >= 11 is 0. The molecule has 3 N–H and O–H groups in total. The first-order chi connectivity index (χ1) is 21.1. The van der Waals surface area contributed by atoms with Gasteiger partial charge < -0.3 is 20.0 Å². The lowest BCUT2D eigenvalue weighted by Gasteiger charge is -2.17. The van der Waals surface area contributed by atoms with Gasteiger partial charge in [0.2, 0.25) is 5.43 Å². The van der Waals surface area contributed by atoms with E-state index in [1.165, 1.54) is 59.5 Å². The summed E-state index contributed by atoms with van der Waals surface area (Å²) in [5, 5.41) is 11.8. The predicted octanol–water partition coefficient (Wildman–Crippen LogP) is 6.27. The lowest BCUT2D eigenvalue weighted by molar-refractivity contribution is 0.231. The SMILES string of the molecule is CC(C)Oc1ccc(-c2nn(C(C)c3oc4cccc(F)c4c(=O)c3-c3cccc(F)c3)c3ncnc(N)c23)cc1F.CO. The van der Waals surface area contributed by atoms with Crippen LogP contribution in [-0.2, 0) is 0 Å². The molecule has 0 fully saturated rings. The van der Waals surface area contributed by atoms with Gasteiger partial charge in [-0.3, -0.25) is 4.79 Å². The number of hydrogen-bond donors (Lipinski definition) is 2. The fraction of sp³-hybridized carbons (Fsp3) is 0.188. The van der Waals surface area contributed by atoms with Gasteiger partial charge in [-0.05, 0) is 68.8 Å². The quantitative estimate of drug-likeness (QED) is 0.228. The highest BCUT2D eigenvalue weighted by atomic mass is 19.1. The third kappa shape index (κ3) is 5.35. The van der Waals surface area contributed by atoms with E-state index in [0.29, 0.717) is 10.9 Å². The smallest absolute Gasteiger partial charge is 0.203 e. The fourth-order valence-corrected chi connectivity index (χ4v) is 5.00. The number of aliphatic hydroxyl groups is 1. The number of halogens is 3. The Bertz CT molecular complexity index is 2060. The number of aromatic nitrogens is 4. The van der Waals surface area contributed by atoms with E-state index in [-0.39, 0.29) is 56.9 Å². The number of benzene rings is 3. The average molecular weight is 604 g/mol. The van der Waals surface area contributed by atoms with E-state index in [1.807, 2.05) is 0 Å². The van der Waals surface area contributed by atoms with Gasteiger partial charge in [0.1, 0.15) is 52.2 Å². The third-order valence-electron chi connectivity index (χ3n) is 6.84. The van der Waals surface area contributed by atoms with Crippen molar-refractivity contribution in [1.82, 2.24) is 19.7 Å². The second-order valence-electron chi connectivity index (χ2n) is 10.0. The van der Waals surface area contributed by atoms with E-state index in [0.717, 1.165) is 13.2 Å². The minimum atomic E-state index is -0.845. The van der Waals surface area contributed by atoms with Crippen LogP contribution in [-0.4, -0.2) is 38.1 Å². The molecule has 0 saturated heterocycles. The van der Waals surface area contributed by atoms with Gasteiger partial charge in [0.25, 0.3) is 0 Å². The minimum absolute atomic E-state index is 0.00985. The zero-order chi connectivity index (χ0) is 31.7. The van der Waals surface area contributed by atoms with Crippen molar-refractivity contribution in [3.05, 3.63) is 100 Å². The molecule has 6 rings (SSSR count). The fourth-order valence-electron chi connectivity index (χ4n) is 5.00. The van der Waals surface area contributed by atoms with Crippen LogP contribution in [0.2, 0.25) is 0 Å². The second kappa shape index (κ2) is 12.2. The molecule has 0 spiro atoms. The van der Waals surface area contributed by atoms with Crippen molar-refractivity contribution in [2.45, 2.75) is 32.9 Å². The summed E-state index contributed by atoms with van der Waals surface area (Å²) in [6.07, 6.45) is 1.03. The summed E-state index contributed by atoms with van der Waals surface area (Å²) in [5.41, 5.74) is 6.70. The average Bonchev–Trinajstić information content (AvgIpc) is 3.39. The van der Waals surface area contributed by atoms with Gasteiger partial charge in [-0.15, -0.1) is 0 Å². The molecule has 3 aromatic heterocycles. The van der Waals surface area contributed by atoms with E-state index >= 15 is 0 Å². The molecule has 0 amide bonds. The van der Waals surface area contributed by atoms with Crippen LogP contribution in [0.25, 0.3) is 44.4 Å². The van der Waals surface area contributed by atoms with Crippen molar-refractivity contribution >= 4 is 27.8 Å².